The first-order valence-corrected chi connectivity index (χ1v) is 13.2. The number of carbonyl (C=O) groups excluding carboxylic acids is 1. The summed E-state index contributed by atoms with van der Waals surface area (Å²) in [7, 11) is -1.87. The predicted molar refractivity (Wildman–Crippen MR) is 129 cm³/mol. The van der Waals surface area contributed by atoms with Crippen LogP contribution < -0.4 is 4.72 Å². The molecular weight excluding hydrogens is 466 g/mol. The molecule has 2 fully saturated rings. The van der Waals surface area contributed by atoms with Gasteiger partial charge in [-0.2, -0.15) is 5.26 Å². The van der Waals surface area contributed by atoms with Crippen molar-refractivity contribution in [3.05, 3.63) is 71.0 Å². The van der Waals surface area contributed by atoms with Gasteiger partial charge >= 0.3 is 5.97 Å². The van der Waals surface area contributed by atoms with E-state index in [1.54, 1.807) is 18.2 Å². The molecule has 0 radical (unpaired) electrons. The fourth-order valence-electron chi connectivity index (χ4n) is 5.04. The molecule has 1 saturated carbocycles. The van der Waals surface area contributed by atoms with E-state index in [9.17, 15) is 18.3 Å². The van der Waals surface area contributed by atoms with Crippen molar-refractivity contribution >= 4 is 21.7 Å². The number of nitrogens with zero attached hydrogens (tertiary/aromatic N) is 2. The molecule has 1 spiro atoms. The lowest BCUT2D eigenvalue weighted by Crippen LogP contribution is -2.44. The molecule has 35 heavy (non-hydrogen) atoms. The summed E-state index contributed by atoms with van der Waals surface area (Å²) < 4.78 is 34.2. The lowest BCUT2D eigenvalue weighted by atomic mass is 9.82. The minimum atomic E-state index is -3.87. The molecule has 1 saturated heterocycles. The Kier molecular flexibility index (Phi) is 5.82. The first-order valence-electron chi connectivity index (χ1n) is 11.7. The highest BCUT2D eigenvalue weighted by atomic mass is 32.2. The van der Waals surface area contributed by atoms with E-state index in [4.69, 9.17) is 10.00 Å². The first kappa shape index (κ1) is 23.4. The number of aliphatic hydroxyl groups excluding tert-OH is 1. The number of ether oxygens (including phenoxy) is 1. The van der Waals surface area contributed by atoms with Gasteiger partial charge < -0.3 is 14.7 Å². The van der Waals surface area contributed by atoms with Crippen molar-refractivity contribution in [2.45, 2.75) is 42.1 Å². The van der Waals surface area contributed by atoms with Gasteiger partial charge in [0.25, 0.3) is 10.0 Å². The fourth-order valence-corrected chi connectivity index (χ4v) is 6.09. The van der Waals surface area contributed by atoms with Crippen molar-refractivity contribution in [3.63, 3.8) is 0 Å². The van der Waals surface area contributed by atoms with E-state index < -0.39 is 21.6 Å². The quantitative estimate of drug-likeness (QED) is 0.589. The number of aliphatic hydroxyl groups is 1. The van der Waals surface area contributed by atoms with Crippen LogP contribution in [0, 0.1) is 17.2 Å². The number of nitriles is 1. The van der Waals surface area contributed by atoms with Gasteiger partial charge in [-0.05, 0) is 67.8 Å². The first-order chi connectivity index (χ1) is 16.7. The van der Waals surface area contributed by atoms with Crippen molar-refractivity contribution in [2.75, 3.05) is 24.9 Å². The van der Waals surface area contributed by atoms with Crippen LogP contribution in [0.25, 0.3) is 0 Å². The molecule has 2 aromatic rings. The van der Waals surface area contributed by atoms with Crippen molar-refractivity contribution in [1.29, 1.82) is 5.26 Å². The summed E-state index contributed by atoms with van der Waals surface area (Å²) in [4.78, 5) is 15.2. The molecule has 182 valence electrons. The van der Waals surface area contributed by atoms with Gasteiger partial charge in [-0.3, -0.25) is 4.72 Å². The summed E-state index contributed by atoms with van der Waals surface area (Å²) in [5, 5.41) is 20.2. The Morgan fingerprint density at radius 2 is 1.86 bits per heavy atom. The summed E-state index contributed by atoms with van der Waals surface area (Å²) in [5.41, 5.74) is 0.844. The third kappa shape index (κ3) is 4.40. The van der Waals surface area contributed by atoms with Crippen LogP contribution in [0.4, 0.5) is 5.69 Å². The lowest BCUT2D eigenvalue weighted by molar-refractivity contribution is -0.152. The third-order valence-corrected chi connectivity index (χ3v) is 8.58. The van der Waals surface area contributed by atoms with E-state index in [2.05, 4.69) is 9.62 Å². The molecule has 8 nitrogen and oxygen atoms in total. The number of benzene rings is 2. The molecule has 1 aliphatic carbocycles. The SMILES string of the molecule is CN1CCC2(CC1)OC(=O)C(C(c1cccc(NS(=O)(=O)c3ccc(C#N)cc3)c1)C1CC1)=C2O. The Morgan fingerprint density at radius 1 is 1.17 bits per heavy atom. The lowest BCUT2D eigenvalue weighted by Gasteiger charge is -2.36. The molecule has 3 aliphatic rings. The third-order valence-electron chi connectivity index (χ3n) is 7.19. The van der Waals surface area contributed by atoms with Crippen LogP contribution >= 0.6 is 0 Å². The second-order valence-electron chi connectivity index (χ2n) is 9.63. The van der Waals surface area contributed by atoms with E-state index in [0.717, 1.165) is 31.5 Å². The van der Waals surface area contributed by atoms with E-state index in [0.29, 0.717) is 29.7 Å². The number of sulfonamides is 1. The molecule has 2 aromatic carbocycles. The number of anilines is 1. The summed E-state index contributed by atoms with van der Waals surface area (Å²) in [5.74, 6) is -0.615. The smallest absolute Gasteiger partial charge is 0.339 e. The Morgan fingerprint density at radius 3 is 2.49 bits per heavy atom. The Balaban J connectivity index is 1.46. The molecule has 0 amide bonds. The molecule has 0 bridgehead atoms. The Hall–Kier alpha value is -3.35. The van der Waals surface area contributed by atoms with E-state index in [1.807, 2.05) is 19.2 Å². The van der Waals surface area contributed by atoms with Gasteiger partial charge in [0.1, 0.15) is 5.76 Å². The maximum atomic E-state index is 13.0. The van der Waals surface area contributed by atoms with Crippen LogP contribution in [0.1, 0.15) is 42.7 Å². The maximum absolute atomic E-state index is 13.0. The van der Waals surface area contributed by atoms with Gasteiger partial charge in [-0.25, -0.2) is 13.2 Å². The summed E-state index contributed by atoms with van der Waals surface area (Å²) in [6, 6.07) is 14.6. The molecule has 1 atom stereocenters. The van der Waals surface area contributed by atoms with Crippen LogP contribution in [0.2, 0.25) is 0 Å². The maximum Gasteiger partial charge on any atom is 0.339 e. The second kappa shape index (κ2) is 8.70. The predicted octanol–water partition coefficient (Wildman–Crippen LogP) is 3.69. The zero-order valence-electron chi connectivity index (χ0n) is 19.4. The van der Waals surface area contributed by atoms with Crippen LogP contribution in [0.5, 0.6) is 0 Å². The zero-order valence-corrected chi connectivity index (χ0v) is 20.2. The number of piperidine rings is 1. The Labute approximate surface area is 204 Å². The van der Waals surface area contributed by atoms with Crippen LogP contribution in [-0.4, -0.2) is 50.1 Å². The molecule has 2 aliphatic heterocycles. The number of carbonyl (C=O) groups is 1. The van der Waals surface area contributed by atoms with Gasteiger partial charge in [-0.1, -0.05) is 12.1 Å². The van der Waals surface area contributed by atoms with E-state index in [1.165, 1.54) is 24.3 Å². The number of esters is 1. The number of hydrogen-bond donors (Lipinski definition) is 2. The summed E-state index contributed by atoms with van der Waals surface area (Å²) >= 11 is 0. The highest BCUT2D eigenvalue weighted by Crippen LogP contribution is 2.52. The van der Waals surface area contributed by atoms with Crippen molar-refractivity contribution in [2.24, 2.45) is 5.92 Å². The van der Waals surface area contributed by atoms with E-state index in [-0.39, 0.29) is 22.5 Å². The van der Waals surface area contributed by atoms with Crippen LogP contribution in [-0.2, 0) is 19.6 Å². The van der Waals surface area contributed by atoms with Crippen molar-refractivity contribution in [3.8, 4) is 6.07 Å². The van der Waals surface area contributed by atoms with Gasteiger partial charge in [0.05, 0.1) is 22.1 Å². The van der Waals surface area contributed by atoms with E-state index >= 15 is 0 Å². The van der Waals surface area contributed by atoms with Crippen LogP contribution in [0.3, 0.4) is 0 Å². The largest absolute Gasteiger partial charge is 0.507 e. The minimum Gasteiger partial charge on any atom is -0.507 e. The van der Waals surface area contributed by atoms with Crippen molar-refractivity contribution in [1.82, 2.24) is 4.90 Å². The molecular formula is C26H27N3O5S. The summed E-state index contributed by atoms with van der Waals surface area (Å²) in [6.45, 7) is 1.46. The number of likely N-dealkylation sites (tertiary alicyclic amines) is 1. The van der Waals surface area contributed by atoms with Gasteiger partial charge in [-0.15, -0.1) is 0 Å². The van der Waals surface area contributed by atoms with Gasteiger partial charge in [0.15, 0.2) is 5.60 Å². The number of nitrogens with one attached hydrogen (secondary N) is 1. The molecule has 1 unspecified atom stereocenters. The van der Waals surface area contributed by atoms with Gasteiger partial charge in [0, 0.05) is 37.5 Å². The molecule has 5 rings (SSSR count). The molecule has 2 N–H and O–H groups in total. The highest BCUT2D eigenvalue weighted by molar-refractivity contribution is 7.92. The minimum absolute atomic E-state index is 0.0380. The standard InChI is InChI=1S/C26H27N3O5S/c1-29-13-11-26(12-14-29)24(30)23(25(31)34-26)22(18-7-8-18)19-3-2-4-20(15-19)28-35(32,33)21-9-5-17(16-27)6-10-21/h2-6,9-10,15,18,22,28,30H,7-8,11-14H2,1H3. The van der Waals surface area contributed by atoms with Gasteiger partial charge in [0.2, 0.25) is 0 Å². The fraction of sp³-hybridized carbons (Fsp3) is 0.385. The Bertz CT molecular complexity index is 1330. The summed E-state index contributed by atoms with van der Waals surface area (Å²) in [6.07, 6.45) is 2.94. The normalized spacial score (nSPS) is 21.0. The van der Waals surface area contributed by atoms with Crippen molar-refractivity contribution < 1.29 is 23.1 Å². The topological polar surface area (TPSA) is 120 Å². The average Bonchev–Trinajstić information content (AvgIpc) is 3.65. The zero-order chi connectivity index (χ0) is 24.8. The van der Waals surface area contributed by atoms with Crippen LogP contribution in [0.15, 0.2) is 64.8 Å². The number of hydrogen-bond acceptors (Lipinski definition) is 7. The molecule has 2 heterocycles. The highest BCUT2D eigenvalue weighted by Gasteiger charge is 2.53. The molecule has 0 aromatic heterocycles. The average molecular weight is 494 g/mol. The monoisotopic (exact) mass is 493 g/mol. The second-order valence-corrected chi connectivity index (χ2v) is 11.3. The number of rotatable bonds is 6. The molecule has 9 heteroatoms.